The minimum absolute atomic E-state index is 0.0318. The highest BCUT2D eigenvalue weighted by molar-refractivity contribution is 5.70. The molecule has 0 bridgehead atoms. The fourth-order valence-corrected chi connectivity index (χ4v) is 3.00. The fraction of sp³-hybridized carbons (Fsp3) is 0.391. The summed E-state index contributed by atoms with van der Waals surface area (Å²) in [5, 5.41) is 19.6. The Morgan fingerprint density at radius 1 is 0.636 bits per heavy atom. The summed E-state index contributed by atoms with van der Waals surface area (Å²) >= 11 is 0. The van der Waals surface area contributed by atoms with Gasteiger partial charge in [-0.3, -0.25) is 10.4 Å². The van der Waals surface area contributed by atoms with Crippen molar-refractivity contribution in [1.82, 2.24) is 10.1 Å². The van der Waals surface area contributed by atoms with Gasteiger partial charge in [-0.1, -0.05) is 43.5 Å². The van der Waals surface area contributed by atoms with Crippen LogP contribution in [0.1, 0.15) is 43.2 Å². The second kappa shape index (κ2) is 13.8. The first-order valence-electron chi connectivity index (χ1n) is 10.8. The van der Waals surface area contributed by atoms with Crippen molar-refractivity contribution in [2.45, 2.75) is 45.2 Å². The third-order valence-corrected chi connectivity index (χ3v) is 4.85. The minimum Gasteiger partial charge on any atom is -0.494 e. The highest BCUT2D eigenvalue weighted by atomic mass is 16.5. The summed E-state index contributed by atoms with van der Waals surface area (Å²) in [7, 11) is 0. The van der Waals surface area contributed by atoms with Crippen LogP contribution in [-0.4, -0.2) is 45.8 Å². The van der Waals surface area contributed by atoms with Gasteiger partial charge in [-0.15, -0.1) is 0 Å². The summed E-state index contributed by atoms with van der Waals surface area (Å²) in [4.78, 5) is 21.7. The van der Waals surface area contributed by atoms with Gasteiger partial charge in [0.2, 0.25) is 0 Å². The van der Waals surface area contributed by atoms with E-state index in [-0.39, 0.29) is 13.1 Å². The maximum Gasteiger partial charge on any atom is 0.338 e. The molecule has 0 heterocycles. The molecule has 0 atom stereocenters. The first kappa shape index (κ1) is 25.8. The molecule has 180 valence electrons. The maximum atomic E-state index is 10.8. The predicted octanol–water partition coefficient (Wildman–Crippen LogP) is 3.63. The number of hydrogen-bond acceptors (Lipinski definition) is 6. The van der Waals surface area contributed by atoms with Gasteiger partial charge in [0.1, 0.15) is 11.5 Å². The van der Waals surface area contributed by atoms with Crippen LogP contribution in [0.25, 0.3) is 0 Å². The number of rotatable bonds is 14. The number of carbonyl (C=O) groups is 2. The van der Waals surface area contributed by atoms with Crippen LogP contribution in [0.15, 0.2) is 48.5 Å². The van der Waals surface area contributed by atoms with Crippen LogP contribution >= 0.6 is 0 Å². The van der Waals surface area contributed by atoms with Crippen molar-refractivity contribution in [2.75, 3.05) is 13.2 Å². The zero-order chi connectivity index (χ0) is 24.1. The van der Waals surface area contributed by atoms with E-state index in [9.17, 15) is 20.0 Å². The normalized spacial score (nSPS) is 10.5. The molecule has 33 heavy (non-hydrogen) atoms. The van der Waals surface area contributed by atoms with E-state index in [1.54, 1.807) is 48.5 Å². The Labute approximate surface area is 193 Å². The zero-order valence-electron chi connectivity index (χ0n) is 18.6. The minimum atomic E-state index is -0.894. The van der Waals surface area contributed by atoms with Crippen molar-refractivity contribution >= 4 is 12.1 Å². The molecule has 10 nitrogen and oxygen atoms in total. The van der Waals surface area contributed by atoms with Crippen LogP contribution in [-0.2, 0) is 13.1 Å². The molecule has 0 unspecified atom stereocenters. The van der Waals surface area contributed by atoms with Crippen molar-refractivity contribution in [2.24, 2.45) is 11.5 Å². The van der Waals surface area contributed by atoms with E-state index in [4.69, 9.17) is 20.9 Å². The molecule has 0 aromatic heterocycles. The van der Waals surface area contributed by atoms with Gasteiger partial charge < -0.3 is 20.9 Å². The Kier molecular flexibility index (Phi) is 10.8. The number of benzene rings is 2. The Hall–Kier alpha value is -3.50. The molecule has 0 saturated heterocycles. The van der Waals surface area contributed by atoms with Crippen LogP contribution in [0, 0.1) is 0 Å². The van der Waals surface area contributed by atoms with E-state index < -0.39 is 12.1 Å². The summed E-state index contributed by atoms with van der Waals surface area (Å²) < 4.78 is 11.4. The number of carbonyl (C=O) groups excluding carboxylic acids is 2. The second-order valence-corrected chi connectivity index (χ2v) is 7.54. The number of primary amides is 2. The van der Waals surface area contributed by atoms with E-state index in [1.165, 1.54) is 0 Å². The summed E-state index contributed by atoms with van der Waals surface area (Å²) in [5.41, 5.74) is 11.5. The number of ether oxygens (including phenoxy) is 2. The number of urea groups is 2. The van der Waals surface area contributed by atoms with Gasteiger partial charge in [0.05, 0.1) is 26.3 Å². The van der Waals surface area contributed by atoms with Gasteiger partial charge in [-0.2, -0.15) is 0 Å². The van der Waals surface area contributed by atoms with Gasteiger partial charge in [0.15, 0.2) is 0 Å². The van der Waals surface area contributed by atoms with Gasteiger partial charge in [-0.25, -0.2) is 19.7 Å². The zero-order valence-corrected chi connectivity index (χ0v) is 18.6. The van der Waals surface area contributed by atoms with Gasteiger partial charge in [0.25, 0.3) is 0 Å². The first-order chi connectivity index (χ1) is 15.8. The van der Waals surface area contributed by atoms with Crippen LogP contribution < -0.4 is 20.9 Å². The number of hydroxylamine groups is 4. The molecule has 0 aliphatic carbocycles. The third-order valence-electron chi connectivity index (χ3n) is 4.85. The monoisotopic (exact) mass is 460 g/mol. The average molecular weight is 461 g/mol. The van der Waals surface area contributed by atoms with E-state index in [0.29, 0.717) is 23.3 Å². The van der Waals surface area contributed by atoms with Crippen molar-refractivity contribution in [3.8, 4) is 11.5 Å². The quantitative estimate of drug-likeness (QED) is 0.192. The SMILES string of the molecule is NC(=O)N(O)Cc1ccc(OCCCCCCCOc2ccc(CN(O)C(N)=O)cc2)cc1. The van der Waals surface area contributed by atoms with Crippen LogP contribution in [0.3, 0.4) is 0 Å². The molecule has 4 amide bonds. The van der Waals surface area contributed by atoms with Crippen molar-refractivity contribution in [3.63, 3.8) is 0 Å². The lowest BCUT2D eigenvalue weighted by Gasteiger charge is -2.12. The molecular formula is C23H32N4O6. The van der Waals surface area contributed by atoms with Gasteiger partial charge in [-0.05, 0) is 48.2 Å². The predicted molar refractivity (Wildman–Crippen MR) is 121 cm³/mol. The molecule has 0 aliphatic rings. The highest BCUT2D eigenvalue weighted by Gasteiger charge is 2.07. The summed E-state index contributed by atoms with van der Waals surface area (Å²) in [6.07, 6.45) is 5.10. The number of hydrogen-bond donors (Lipinski definition) is 4. The molecular weight excluding hydrogens is 428 g/mol. The Morgan fingerprint density at radius 2 is 0.970 bits per heavy atom. The summed E-state index contributed by atoms with van der Waals surface area (Å²) in [6, 6.07) is 12.5. The maximum absolute atomic E-state index is 10.8. The number of unbranched alkanes of at least 4 members (excludes halogenated alkanes) is 4. The fourth-order valence-electron chi connectivity index (χ4n) is 3.00. The van der Waals surface area contributed by atoms with Gasteiger partial charge >= 0.3 is 12.1 Å². The lowest BCUT2D eigenvalue weighted by atomic mass is 10.1. The third kappa shape index (κ3) is 10.1. The Balaban J connectivity index is 1.50. The number of nitrogens with two attached hydrogens (primary N) is 2. The van der Waals surface area contributed by atoms with E-state index >= 15 is 0 Å². The highest BCUT2D eigenvalue weighted by Crippen LogP contribution is 2.16. The van der Waals surface area contributed by atoms with E-state index in [1.807, 2.05) is 0 Å². The topological polar surface area (TPSA) is 152 Å². The van der Waals surface area contributed by atoms with Crippen LogP contribution in [0.5, 0.6) is 11.5 Å². The van der Waals surface area contributed by atoms with Crippen LogP contribution in [0.4, 0.5) is 9.59 Å². The van der Waals surface area contributed by atoms with E-state index in [0.717, 1.165) is 54.7 Å². The van der Waals surface area contributed by atoms with Crippen molar-refractivity contribution in [3.05, 3.63) is 59.7 Å². The molecule has 2 aromatic rings. The second-order valence-electron chi connectivity index (χ2n) is 7.54. The van der Waals surface area contributed by atoms with Crippen molar-refractivity contribution < 1.29 is 29.5 Å². The summed E-state index contributed by atoms with van der Waals surface area (Å²) in [6.45, 7) is 1.31. The smallest absolute Gasteiger partial charge is 0.338 e. The Bertz CT molecular complexity index is 789. The molecule has 2 aromatic carbocycles. The Morgan fingerprint density at radius 3 is 1.30 bits per heavy atom. The summed E-state index contributed by atoms with van der Waals surface area (Å²) in [5.74, 6) is 1.48. The van der Waals surface area contributed by atoms with E-state index in [2.05, 4.69) is 0 Å². The molecule has 0 spiro atoms. The molecule has 0 fully saturated rings. The van der Waals surface area contributed by atoms with Crippen molar-refractivity contribution in [1.29, 1.82) is 0 Å². The largest absolute Gasteiger partial charge is 0.494 e. The molecule has 6 N–H and O–H groups in total. The number of amides is 4. The van der Waals surface area contributed by atoms with Gasteiger partial charge in [0, 0.05) is 0 Å². The number of nitrogens with zero attached hydrogens (tertiary/aromatic N) is 2. The lowest BCUT2D eigenvalue weighted by molar-refractivity contribution is -0.0470. The molecule has 0 aliphatic heterocycles. The first-order valence-corrected chi connectivity index (χ1v) is 10.8. The molecule has 0 saturated carbocycles. The average Bonchev–Trinajstić information content (AvgIpc) is 2.79. The molecule has 0 radical (unpaired) electrons. The standard InChI is InChI=1S/C23H32N4O6/c24-22(28)26(30)16-18-6-10-20(11-7-18)32-14-4-2-1-3-5-15-33-21-12-8-19(9-13-21)17-27(31)23(25)29/h6-13,30-31H,1-5,14-17H2,(H2,24,28)(H2,25,29). The van der Waals surface area contributed by atoms with Crippen LogP contribution in [0.2, 0.25) is 0 Å². The molecule has 10 heteroatoms. The molecule has 2 rings (SSSR count). The lowest BCUT2D eigenvalue weighted by Crippen LogP contribution is -2.31.